The number of rotatable bonds is 4. The van der Waals surface area contributed by atoms with Crippen molar-refractivity contribution in [2.75, 3.05) is 0 Å². The van der Waals surface area contributed by atoms with Crippen molar-refractivity contribution in [3.63, 3.8) is 0 Å². The smallest absolute Gasteiger partial charge is 0.347 e. The van der Waals surface area contributed by atoms with Crippen molar-refractivity contribution in [3.8, 4) is 5.75 Å². The number of carbonyl (C=O) groups excluding carboxylic acids is 1. The minimum absolute atomic E-state index is 0.0645. The largest absolute Gasteiger partial charge is 0.477 e. The number of nitro benzene ring substituents is 1. The van der Waals surface area contributed by atoms with Crippen molar-refractivity contribution in [3.05, 3.63) is 33.3 Å². The predicted octanol–water partition coefficient (Wildman–Crippen LogP) is 3.36. The van der Waals surface area contributed by atoms with Crippen LogP contribution in [0.5, 0.6) is 5.75 Å². The zero-order valence-corrected chi connectivity index (χ0v) is 12.4. The first-order valence-corrected chi connectivity index (χ1v) is 6.31. The van der Waals surface area contributed by atoms with Crippen molar-refractivity contribution in [1.82, 2.24) is 0 Å². The van der Waals surface area contributed by atoms with Crippen LogP contribution in [-0.4, -0.2) is 22.6 Å². The summed E-state index contributed by atoms with van der Waals surface area (Å²) in [6.07, 6.45) is -0.867. The SMILES string of the molecule is CC(Oc1ccc([N+](=O)[O-])cc1Cl)C(=O)OC(C)(C)C. The van der Waals surface area contributed by atoms with Crippen LogP contribution in [0.25, 0.3) is 0 Å². The van der Waals surface area contributed by atoms with Crippen molar-refractivity contribution >= 4 is 23.3 Å². The number of nitro groups is 1. The second-order valence-electron chi connectivity index (χ2n) is 5.17. The molecule has 0 N–H and O–H groups in total. The Bertz CT molecular complexity index is 524. The summed E-state index contributed by atoms with van der Waals surface area (Å²) in [4.78, 5) is 21.8. The van der Waals surface area contributed by atoms with Crippen LogP contribution in [-0.2, 0) is 9.53 Å². The summed E-state index contributed by atoms with van der Waals surface area (Å²) < 4.78 is 10.5. The van der Waals surface area contributed by atoms with Crippen molar-refractivity contribution in [2.24, 2.45) is 0 Å². The van der Waals surface area contributed by atoms with E-state index >= 15 is 0 Å². The number of hydrogen-bond donors (Lipinski definition) is 0. The molecule has 0 aromatic heterocycles. The Balaban J connectivity index is 2.78. The normalized spacial score (nSPS) is 12.7. The van der Waals surface area contributed by atoms with Gasteiger partial charge in [0.05, 0.1) is 9.95 Å². The van der Waals surface area contributed by atoms with Gasteiger partial charge in [0.1, 0.15) is 11.4 Å². The summed E-state index contributed by atoms with van der Waals surface area (Å²) in [6.45, 7) is 6.76. The number of non-ortho nitro benzene ring substituents is 1. The molecule has 1 rings (SSSR count). The Morgan fingerprint density at radius 2 is 2.00 bits per heavy atom. The van der Waals surface area contributed by atoms with Gasteiger partial charge in [0.25, 0.3) is 5.69 Å². The first-order valence-electron chi connectivity index (χ1n) is 5.93. The maximum absolute atomic E-state index is 11.8. The lowest BCUT2D eigenvalue weighted by Crippen LogP contribution is -2.33. The van der Waals surface area contributed by atoms with Gasteiger partial charge >= 0.3 is 5.97 Å². The number of carbonyl (C=O) groups is 1. The highest BCUT2D eigenvalue weighted by Crippen LogP contribution is 2.29. The molecule has 0 bridgehead atoms. The quantitative estimate of drug-likeness (QED) is 0.484. The third-order valence-corrected chi connectivity index (χ3v) is 2.46. The van der Waals surface area contributed by atoms with Crippen LogP contribution in [0.2, 0.25) is 5.02 Å². The molecule has 20 heavy (non-hydrogen) atoms. The molecule has 1 aromatic rings. The van der Waals surface area contributed by atoms with Crippen LogP contribution in [0.4, 0.5) is 5.69 Å². The van der Waals surface area contributed by atoms with Crippen LogP contribution >= 0.6 is 11.6 Å². The van der Waals surface area contributed by atoms with E-state index in [0.717, 1.165) is 0 Å². The summed E-state index contributed by atoms with van der Waals surface area (Å²) in [5.41, 5.74) is -0.763. The van der Waals surface area contributed by atoms with Crippen LogP contribution in [0, 0.1) is 10.1 Å². The summed E-state index contributed by atoms with van der Waals surface area (Å²) in [5, 5.41) is 10.6. The monoisotopic (exact) mass is 301 g/mol. The minimum Gasteiger partial charge on any atom is -0.477 e. The second-order valence-corrected chi connectivity index (χ2v) is 5.57. The molecule has 0 aliphatic carbocycles. The molecule has 0 heterocycles. The van der Waals surface area contributed by atoms with Gasteiger partial charge in [0.2, 0.25) is 0 Å². The maximum atomic E-state index is 11.8. The molecule has 0 aliphatic heterocycles. The van der Waals surface area contributed by atoms with Gasteiger partial charge in [0, 0.05) is 12.1 Å². The number of ether oxygens (including phenoxy) is 2. The predicted molar refractivity (Wildman–Crippen MR) is 74.0 cm³/mol. The molecule has 1 unspecified atom stereocenters. The molecule has 6 nitrogen and oxygen atoms in total. The third-order valence-electron chi connectivity index (χ3n) is 2.17. The minimum atomic E-state index is -0.867. The first-order chi connectivity index (χ1) is 9.10. The number of hydrogen-bond acceptors (Lipinski definition) is 5. The third kappa shape index (κ3) is 4.70. The molecule has 0 fully saturated rings. The van der Waals surface area contributed by atoms with Gasteiger partial charge in [-0.25, -0.2) is 4.79 Å². The topological polar surface area (TPSA) is 78.7 Å². The average Bonchev–Trinajstić information content (AvgIpc) is 2.29. The van der Waals surface area contributed by atoms with Crippen LogP contribution < -0.4 is 4.74 Å². The van der Waals surface area contributed by atoms with Crippen LogP contribution in [0.15, 0.2) is 18.2 Å². The Labute approximate surface area is 121 Å². The van der Waals surface area contributed by atoms with E-state index in [0.29, 0.717) is 0 Å². The van der Waals surface area contributed by atoms with Gasteiger partial charge in [-0.3, -0.25) is 10.1 Å². The average molecular weight is 302 g/mol. The van der Waals surface area contributed by atoms with Crippen molar-refractivity contribution < 1.29 is 19.2 Å². The van der Waals surface area contributed by atoms with E-state index in [9.17, 15) is 14.9 Å². The zero-order valence-electron chi connectivity index (χ0n) is 11.7. The van der Waals surface area contributed by atoms with E-state index in [1.54, 1.807) is 20.8 Å². The molecule has 1 aromatic carbocycles. The number of halogens is 1. The summed E-state index contributed by atoms with van der Waals surface area (Å²) in [5.74, 6) is -0.345. The lowest BCUT2D eigenvalue weighted by Gasteiger charge is -2.22. The highest BCUT2D eigenvalue weighted by molar-refractivity contribution is 6.32. The molecule has 0 amide bonds. The van der Waals surface area contributed by atoms with Crippen LogP contribution in [0.1, 0.15) is 27.7 Å². The molecular weight excluding hydrogens is 286 g/mol. The Kier molecular flexibility index (Phi) is 4.94. The van der Waals surface area contributed by atoms with Gasteiger partial charge in [-0.2, -0.15) is 0 Å². The molecule has 0 saturated heterocycles. The zero-order chi connectivity index (χ0) is 15.5. The molecule has 7 heteroatoms. The summed E-state index contributed by atoms with van der Waals surface area (Å²) in [6, 6.07) is 3.77. The van der Waals surface area contributed by atoms with E-state index in [1.807, 2.05) is 0 Å². The van der Waals surface area contributed by atoms with Gasteiger partial charge < -0.3 is 9.47 Å². The standard InChI is InChI=1S/C13H16ClNO5/c1-8(12(16)20-13(2,3)4)19-11-6-5-9(15(17)18)7-10(11)14/h5-8H,1-4H3. The van der Waals surface area contributed by atoms with E-state index < -0.39 is 22.6 Å². The maximum Gasteiger partial charge on any atom is 0.347 e. The van der Waals surface area contributed by atoms with Crippen molar-refractivity contribution in [2.45, 2.75) is 39.4 Å². The van der Waals surface area contributed by atoms with Gasteiger partial charge in [0.15, 0.2) is 6.10 Å². The summed E-state index contributed by atoms with van der Waals surface area (Å²) >= 11 is 5.87. The number of esters is 1. The van der Waals surface area contributed by atoms with E-state index in [4.69, 9.17) is 21.1 Å². The van der Waals surface area contributed by atoms with E-state index in [1.165, 1.54) is 25.1 Å². The first kappa shape index (κ1) is 16.2. The fourth-order valence-corrected chi connectivity index (χ4v) is 1.54. The molecule has 0 radical (unpaired) electrons. The highest BCUT2D eigenvalue weighted by atomic mass is 35.5. The molecule has 1 atom stereocenters. The lowest BCUT2D eigenvalue weighted by atomic mass is 10.2. The van der Waals surface area contributed by atoms with Gasteiger partial charge in [-0.15, -0.1) is 0 Å². The Hall–Kier alpha value is -1.82. The molecule has 0 aliphatic rings. The number of nitrogens with zero attached hydrogens (tertiary/aromatic N) is 1. The molecule has 110 valence electrons. The highest BCUT2D eigenvalue weighted by Gasteiger charge is 2.24. The van der Waals surface area contributed by atoms with Crippen LogP contribution in [0.3, 0.4) is 0 Å². The molecule has 0 saturated carbocycles. The van der Waals surface area contributed by atoms with E-state index in [2.05, 4.69) is 0 Å². The van der Waals surface area contributed by atoms with Gasteiger partial charge in [-0.1, -0.05) is 11.6 Å². The Morgan fingerprint density at radius 3 is 2.45 bits per heavy atom. The fraction of sp³-hybridized carbons (Fsp3) is 0.462. The Morgan fingerprint density at radius 1 is 1.40 bits per heavy atom. The van der Waals surface area contributed by atoms with Crippen molar-refractivity contribution in [1.29, 1.82) is 0 Å². The second kappa shape index (κ2) is 6.09. The summed E-state index contributed by atoms with van der Waals surface area (Å²) in [7, 11) is 0. The fourth-order valence-electron chi connectivity index (χ4n) is 1.32. The molecular formula is C13H16ClNO5. The van der Waals surface area contributed by atoms with Gasteiger partial charge in [-0.05, 0) is 33.8 Å². The molecule has 0 spiro atoms. The lowest BCUT2D eigenvalue weighted by molar-refractivity contribution is -0.384. The van der Waals surface area contributed by atoms with E-state index in [-0.39, 0.29) is 16.5 Å². The number of benzene rings is 1.